The average molecular weight is 304 g/mol. The van der Waals surface area contributed by atoms with Crippen molar-refractivity contribution in [2.75, 3.05) is 20.1 Å². The molecule has 0 bridgehead atoms. The zero-order valence-electron chi connectivity index (χ0n) is 12.7. The van der Waals surface area contributed by atoms with Gasteiger partial charge in [-0.3, -0.25) is 9.89 Å². The molecule has 118 valence electrons. The summed E-state index contributed by atoms with van der Waals surface area (Å²) in [5.74, 6) is -0.213. The van der Waals surface area contributed by atoms with Crippen molar-refractivity contribution < 1.29 is 9.18 Å². The molecule has 0 fully saturated rings. The number of H-pyrrole nitrogens is 1. The summed E-state index contributed by atoms with van der Waals surface area (Å²) in [5.41, 5.74) is 7.81. The lowest BCUT2D eigenvalue weighted by Gasteiger charge is -2.16. The molecule has 0 unspecified atom stereocenters. The highest BCUT2D eigenvalue weighted by Crippen LogP contribution is 2.19. The standard InChI is InChI=1S/C16H21FN4O/c1-21(16(22)7-8-18)9-3-6-14-11-15(20-19-14)12-4-2-5-13(17)10-12/h2,4-5,10-11H,3,6-9,18H2,1H3,(H,19,20). The Morgan fingerprint density at radius 3 is 2.95 bits per heavy atom. The third-order valence-electron chi connectivity index (χ3n) is 3.47. The topological polar surface area (TPSA) is 75.0 Å². The van der Waals surface area contributed by atoms with Gasteiger partial charge in [0.15, 0.2) is 0 Å². The van der Waals surface area contributed by atoms with E-state index in [0.29, 0.717) is 19.5 Å². The van der Waals surface area contributed by atoms with E-state index in [1.54, 1.807) is 18.0 Å². The zero-order chi connectivity index (χ0) is 15.9. The van der Waals surface area contributed by atoms with Gasteiger partial charge in [-0.1, -0.05) is 12.1 Å². The van der Waals surface area contributed by atoms with Crippen LogP contribution in [0.2, 0.25) is 0 Å². The highest BCUT2D eigenvalue weighted by Gasteiger charge is 2.08. The lowest BCUT2D eigenvalue weighted by atomic mass is 10.1. The molecule has 5 nitrogen and oxygen atoms in total. The molecule has 0 atom stereocenters. The fourth-order valence-electron chi connectivity index (χ4n) is 2.23. The Balaban J connectivity index is 1.86. The van der Waals surface area contributed by atoms with E-state index in [2.05, 4.69) is 10.2 Å². The van der Waals surface area contributed by atoms with Crippen molar-refractivity contribution in [3.8, 4) is 11.3 Å². The lowest BCUT2D eigenvalue weighted by molar-refractivity contribution is -0.129. The second-order valence-electron chi connectivity index (χ2n) is 5.25. The third-order valence-corrected chi connectivity index (χ3v) is 3.47. The van der Waals surface area contributed by atoms with Gasteiger partial charge in [-0.05, 0) is 31.0 Å². The summed E-state index contributed by atoms with van der Waals surface area (Å²) < 4.78 is 13.2. The smallest absolute Gasteiger partial charge is 0.223 e. The van der Waals surface area contributed by atoms with E-state index in [-0.39, 0.29) is 11.7 Å². The number of nitrogens with two attached hydrogens (primary N) is 1. The minimum atomic E-state index is -0.276. The molecule has 2 aromatic rings. The molecule has 0 radical (unpaired) electrons. The fraction of sp³-hybridized carbons (Fsp3) is 0.375. The number of rotatable bonds is 7. The molecule has 1 aromatic heterocycles. The molecule has 0 saturated carbocycles. The molecule has 0 spiro atoms. The average Bonchev–Trinajstić information content (AvgIpc) is 2.96. The van der Waals surface area contributed by atoms with Crippen LogP contribution < -0.4 is 5.73 Å². The number of nitrogens with zero attached hydrogens (tertiary/aromatic N) is 2. The maximum Gasteiger partial charge on any atom is 0.223 e. The number of aromatic amines is 1. The van der Waals surface area contributed by atoms with E-state index in [0.717, 1.165) is 29.8 Å². The molecule has 0 aliphatic heterocycles. The van der Waals surface area contributed by atoms with Gasteiger partial charge < -0.3 is 10.6 Å². The molecule has 3 N–H and O–H groups in total. The van der Waals surface area contributed by atoms with Gasteiger partial charge in [0.05, 0.1) is 5.69 Å². The number of carbonyl (C=O) groups is 1. The van der Waals surface area contributed by atoms with Crippen LogP contribution in [0.1, 0.15) is 18.5 Å². The summed E-state index contributed by atoms with van der Waals surface area (Å²) in [6, 6.07) is 8.26. The van der Waals surface area contributed by atoms with Crippen LogP contribution in [-0.4, -0.2) is 41.1 Å². The first kappa shape index (κ1) is 16.2. The largest absolute Gasteiger partial charge is 0.346 e. The lowest BCUT2D eigenvalue weighted by Crippen LogP contribution is -2.29. The molecular weight excluding hydrogens is 283 g/mol. The Hall–Kier alpha value is -2.21. The third kappa shape index (κ3) is 4.39. The molecule has 0 aliphatic rings. The number of hydrogen-bond acceptors (Lipinski definition) is 3. The SMILES string of the molecule is CN(CCCc1cc(-c2cccc(F)c2)n[nH]1)C(=O)CCN. The van der Waals surface area contributed by atoms with Crippen LogP contribution in [0, 0.1) is 5.82 Å². The molecule has 2 rings (SSSR count). The van der Waals surface area contributed by atoms with Crippen LogP contribution in [0.25, 0.3) is 11.3 Å². The summed E-state index contributed by atoms with van der Waals surface area (Å²) in [7, 11) is 1.78. The van der Waals surface area contributed by atoms with Crippen LogP contribution in [0.15, 0.2) is 30.3 Å². The van der Waals surface area contributed by atoms with Gasteiger partial charge in [-0.15, -0.1) is 0 Å². The van der Waals surface area contributed by atoms with E-state index in [9.17, 15) is 9.18 Å². The highest BCUT2D eigenvalue weighted by molar-refractivity contribution is 5.75. The van der Waals surface area contributed by atoms with Crippen molar-refractivity contribution >= 4 is 5.91 Å². The number of carbonyl (C=O) groups excluding carboxylic acids is 1. The molecule has 1 heterocycles. The molecule has 1 aromatic carbocycles. The molecular formula is C16H21FN4O. The number of amides is 1. The second kappa shape index (κ2) is 7.70. The van der Waals surface area contributed by atoms with Crippen LogP contribution in [-0.2, 0) is 11.2 Å². The first-order chi connectivity index (χ1) is 10.6. The molecule has 0 saturated heterocycles. The van der Waals surface area contributed by atoms with Gasteiger partial charge in [0.25, 0.3) is 0 Å². The van der Waals surface area contributed by atoms with E-state index in [1.807, 2.05) is 12.1 Å². The van der Waals surface area contributed by atoms with E-state index in [4.69, 9.17) is 5.73 Å². The molecule has 0 aliphatic carbocycles. The predicted octanol–water partition coefficient (Wildman–Crippen LogP) is 1.96. The summed E-state index contributed by atoms with van der Waals surface area (Å²) in [4.78, 5) is 13.3. The molecule has 6 heteroatoms. The van der Waals surface area contributed by atoms with Crippen molar-refractivity contribution in [1.29, 1.82) is 0 Å². The maximum absolute atomic E-state index is 13.2. The van der Waals surface area contributed by atoms with Crippen molar-refractivity contribution in [2.24, 2.45) is 5.73 Å². The Morgan fingerprint density at radius 1 is 1.41 bits per heavy atom. The Bertz CT molecular complexity index is 626. The number of aryl methyl sites for hydroxylation is 1. The number of halogens is 1. The quantitative estimate of drug-likeness (QED) is 0.821. The minimum Gasteiger partial charge on any atom is -0.346 e. The second-order valence-corrected chi connectivity index (χ2v) is 5.25. The minimum absolute atomic E-state index is 0.0626. The van der Waals surface area contributed by atoms with Gasteiger partial charge in [-0.25, -0.2) is 4.39 Å². The summed E-state index contributed by atoms with van der Waals surface area (Å²) in [6.07, 6.45) is 1.99. The monoisotopic (exact) mass is 304 g/mol. The predicted molar refractivity (Wildman–Crippen MR) is 83.6 cm³/mol. The van der Waals surface area contributed by atoms with Crippen molar-refractivity contribution in [3.05, 3.63) is 41.8 Å². The first-order valence-electron chi connectivity index (χ1n) is 7.34. The van der Waals surface area contributed by atoms with Gasteiger partial charge >= 0.3 is 0 Å². The van der Waals surface area contributed by atoms with Crippen molar-refractivity contribution in [1.82, 2.24) is 15.1 Å². The van der Waals surface area contributed by atoms with Crippen molar-refractivity contribution in [3.63, 3.8) is 0 Å². The van der Waals surface area contributed by atoms with E-state index >= 15 is 0 Å². The van der Waals surface area contributed by atoms with Crippen LogP contribution in [0.4, 0.5) is 4.39 Å². The number of aromatic nitrogens is 2. The van der Waals surface area contributed by atoms with Gasteiger partial charge in [0.2, 0.25) is 5.91 Å². The highest BCUT2D eigenvalue weighted by atomic mass is 19.1. The molecule has 1 amide bonds. The van der Waals surface area contributed by atoms with Crippen LogP contribution in [0.5, 0.6) is 0 Å². The molecule has 22 heavy (non-hydrogen) atoms. The van der Waals surface area contributed by atoms with Crippen molar-refractivity contribution in [2.45, 2.75) is 19.3 Å². The number of hydrogen-bond donors (Lipinski definition) is 2. The number of nitrogens with one attached hydrogen (secondary N) is 1. The van der Waals surface area contributed by atoms with Crippen LogP contribution >= 0.6 is 0 Å². The fourth-order valence-corrected chi connectivity index (χ4v) is 2.23. The van der Waals surface area contributed by atoms with Crippen LogP contribution in [0.3, 0.4) is 0 Å². The number of benzene rings is 1. The Labute approximate surface area is 129 Å². The summed E-state index contributed by atoms with van der Waals surface area (Å²) in [5, 5.41) is 7.16. The summed E-state index contributed by atoms with van der Waals surface area (Å²) >= 11 is 0. The normalized spacial score (nSPS) is 10.7. The van der Waals surface area contributed by atoms with E-state index < -0.39 is 0 Å². The Kier molecular flexibility index (Phi) is 5.66. The maximum atomic E-state index is 13.2. The Morgan fingerprint density at radius 2 is 2.23 bits per heavy atom. The first-order valence-corrected chi connectivity index (χ1v) is 7.34. The summed E-state index contributed by atoms with van der Waals surface area (Å²) in [6.45, 7) is 1.05. The van der Waals surface area contributed by atoms with Gasteiger partial charge in [0.1, 0.15) is 5.82 Å². The van der Waals surface area contributed by atoms with Gasteiger partial charge in [-0.2, -0.15) is 5.10 Å². The zero-order valence-corrected chi connectivity index (χ0v) is 12.7. The van der Waals surface area contributed by atoms with Gasteiger partial charge in [0, 0.05) is 37.8 Å². The van der Waals surface area contributed by atoms with E-state index in [1.165, 1.54) is 12.1 Å².